The van der Waals surface area contributed by atoms with Crippen molar-refractivity contribution in [2.45, 2.75) is 71.4 Å². The zero-order valence-corrected chi connectivity index (χ0v) is 16.7. The van der Waals surface area contributed by atoms with E-state index >= 15 is 0 Å². The lowest BCUT2D eigenvalue weighted by molar-refractivity contribution is -0.121. The molecule has 0 aliphatic carbocycles. The number of ether oxygens (including phenoxy) is 1. The molecule has 2 atom stereocenters. The van der Waals surface area contributed by atoms with Crippen LogP contribution in [-0.4, -0.2) is 39.4 Å². The van der Waals surface area contributed by atoms with Crippen molar-refractivity contribution in [1.82, 2.24) is 20.1 Å². The van der Waals surface area contributed by atoms with Gasteiger partial charge in [-0.2, -0.15) is 5.10 Å². The number of nitrogens with one attached hydrogen (secondary N) is 2. The molecule has 2 N–H and O–H groups in total. The van der Waals surface area contributed by atoms with Crippen LogP contribution in [-0.2, 0) is 23.0 Å². The molecule has 27 heavy (non-hydrogen) atoms. The number of rotatable bonds is 7. The third-order valence-electron chi connectivity index (χ3n) is 5.51. The van der Waals surface area contributed by atoms with E-state index in [1.165, 1.54) is 0 Å². The molecule has 0 spiro atoms. The van der Waals surface area contributed by atoms with Crippen molar-refractivity contribution in [3.8, 4) is 0 Å². The summed E-state index contributed by atoms with van der Waals surface area (Å²) in [4.78, 5) is 27.7. The number of aromatic amines is 1. The number of carbonyl (C=O) groups excluding carboxylic acids is 1. The highest BCUT2D eigenvalue weighted by Gasteiger charge is 2.18. The standard InChI is InChI=1S/C20H30N4O3/c1-12(7-8-15-6-5-11-27-15)21-17(25)10-9-16-13(2)18-14(3)23-24(4)19(18)22-20(16)26/h12,15H,5-11H2,1-4H3,(H,21,25)(H,22,26)/t12-,15+/m0/s1. The molecule has 7 heteroatoms. The molecule has 0 radical (unpaired) electrons. The Bertz CT molecular complexity index is 877. The highest BCUT2D eigenvalue weighted by Crippen LogP contribution is 2.21. The molecule has 1 amide bonds. The average Bonchev–Trinajstić information content (AvgIpc) is 3.21. The van der Waals surface area contributed by atoms with Crippen LogP contribution in [0.15, 0.2) is 4.79 Å². The summed E-state index contributed by atoms with van der Waals surface area (Å²) in [6, 6.07) is 0.115. The first-order valence-corrected chi connectivity index (χ1v) is 9.82. The SMILES string of the molecule is Cc1nn(C)c2[nH]c(=O)c(CCC(=O)N[C@@H](C)CC[C@H]3CCCO3)c(C)c12. The maximum Gasteiger partial charge on any atom is 0.253 e. The van der Waals surface area contributed by atoms with E-state index in [-0.39, 0.29) is 17.5 Å². The van der Waals surface area contributed by atoms with Gasteiger partial charge in [0.2, 0.25) is 5.91 Å². The van der Waals surface area contributed by atoms with Gasteiger partial charge in [0.25, 0.3) is 5.56 Å². The molecule has 0 unspecified atom stereocenters. The van der Waals surface area contributed by atoms with Crippen LogP contribution in [0.4, 0.5) is 0 Å². The average molecular weight is 374 g/mol. The normalized spacial score (nSPS) is 18.1. The van der Waals surface area contributed by atoms with Crippen molar-refractivity contribution >= 4 is 16.9 Å². The van der Waals surface area contributed by atoms with E-state index in [1.807, 2.05) is 27.8 Å². The maximum atomic E-state index is 12.5. The van der Waals surface area contributed by atoms with Crippen LogP contribution in [0.25, 0.3) is 11.0 Å². The molecule has 0 bridgehead atoms. The van der Waals surface area contributed by atoms with Crippen LogP contribution in [0, 0.1) is 13.8 Å². The highest BCUT2D eigenvalue weighted by atomic mass is 16.5. The molecule has 0 saturated carbocycles. The van der Waals surface area contributed by atoms with Crippen molar-refractivity contribution < 1.29 is 9.53 Å². The van der Waals surface area contributed by atoms with Crippen molar-refractivity contribution in [2.75, 3.05) is 6.61 Å². The van der Waals surface area contributed by atoms with Gasteiger partial charge in [-0.25, -0.2) is 0 Å². The predicted molar refractivity (Wildman–Crippen MR) is 105 cm³/mol. The van der Waals surface area contributed by atoms with Crippen LogP contribution < -0.4 is 10.9 Å². The van der Waals surface area contributed by atoms with Crippen molar-refractivity contribution in [2.24, 2.45) is 7.05 Å². The summed E-state index contributed by atoms with van der Waals surface area (Å²) >= 11 is 0. The number of fused-ring (bicyclic) bond motifs is 1. The molecule has 7 nitrogen and oxygen atoms in total. The number of H-pyrrole nitrogens is 1. The molecule has 2 aromatic rings. The Morgan fingerprint density at radius 1 is 1.44 bits per heavy atom. The Labute approximate surface area is 159 Å². The second kappa shape index (κ2) is 8.25. The minimum Gasteiger partial charge on any atom is -0.378 e. The number of aromatic nitrogens is 3. The number of pyridine rings is 1. The maximum absolute atomic E-state index is 12.5. The fraction of sp³-hybridized carbons (Fsp3) is 0.650. The van der Waals surface area contributed by atoms with E-state index in [9.17, 15) is 9.59 Å². The fourth-order valence-electron chi connectivity index (χ4n) is 4.02. The van der Waals surface area contributed by atoms with E-state index in [4.69, 9.17) is 4.74 Å². The second-order valence-corrected chi connectivity index (χ2v) is 7.67. The summed E-state index contributed by atoms with van der Waals surface area (Å²) < 4.78 is 7.31. The molecule has 1 saturated heterocycles. The zero-order valence-electron chi connectivity index (χ0n) is 16.7. The van der Waals surface area contributed by atoms with Crippen molar-refractivity contribution in [3.63, 3.8) is 0 Å². The van der Waals surface area contributed by atoms with Gasteiger partial charge in [-0.1, -0.05) is 0 Å². The lowest BCUT2D eigenvalue weighted by atomic mass is 10.0. The molecule has 3 heterocycles. The van der Waals surface area contributed by atoms with Crippen LogP contribution in [0.3, 0.4) is 0 Å². The third-order valence-corrected chi connectivity index (χ3v) is 5.51. The van der Waals surface area contributed by atoms with Crippen LogP contribution >= 0.6 is 0 Å². The van der Waals surface area contributed by atoms with Gasteiger partial charge in [-0.3, -0.25) is 14.3 Å². The molecular weight excluding hydrogens is 344 g/mol. The first kappa shape index (κ1) is 19.6. The number of hydrogen-bond acceptors (Lipinski definition) is 4. The Kier molecular flexibility index (Phi) is 5.99. The van der Waals surface area contributed by atoms with Gasteiger partial charge in [0.1, 0.15) is 5.65 Å². The summed E-state index contributed by atoms with van der Waals surface area (Å²) in [5, 5.41) is 8.39. The molecule has 3 rings (SSSR count). The zero-order chi connectivity index (χ0) is 19.6. The van der Waals surface area contributed by atoms with Gasteiger partial charge in [0.15, 0.2) is 0 Å². The van der Waals surface area contributed by atoms with Gasteiger partial charge in [0.05, 0.1) is 11.8 Å². The number of nitrogens with zero attached hydrogens (tertiary/aromatic N) is 2. The minimum atomic E-state index is -0.137. The van der Waals surface area contributed by atoms with Crippen molar-refractivity contribution in [1.29, 1.82) is 0 Å². The molecule has 2 aromatic heterocycles. The molecule has 1 aliphatic heterocycles. The number of carbonyl (C=O) groups is 1. The van der Waals surface area contributed by atoms with Gasteiger partial charge >= 0.3 is 0 Å². The van der Waals surface area contributed by atoms with E-state index in [1.54, 1.807) is 4.68 Å². The quantitative estimate of drug-likeness (QED) is 0.778. The van der Waals surface area contributed by atoms with Crippen LogP contribution in [0.5, 0.6) is 0 Å². The first-order chi connectivity index (χ1) is 12.9. The summed E-state index contributed by atoms with van der Waals surface area (Å²) in [5.74, 6) is -0.0170. The topological polar surface area (TPSA) is 89.0 Å². The number of aryl methyl sites for hydroxylation is 3. The Balaban J connectivity index is 1.58. The van der Waals surface area contributed by atoms with Crippen LogP contribution in [0.1, 0.15) is 55.8 Å². The van der Waals surface area contributed by atoms with Crippen molar-refractivity contribution in [3.05, 3.63) is 27.2 Å². The van der Waals surface area contributed by atoms with Crippen LogP contribution in [0.2, 0.25) is 0 Å². The van der Waals surface area contributed by atoms with E-state index in [0.717, 1.165) is 54.6 Å². The molecule has 0 aromatic carbocycles. The molecule has 148 valence electrons. The summed E-state index contributed by atoms with van der Waals surface area (Å²) in [6.45, 7) is 6.75. The third kappa shape index (κ3) is 4.40. The smallest absolute Gasteiger partial charge is 0.253 e. The Morgan fingerprint density at radius 2 is 2.22 bits per heavy atom. The lowest BCUT2D eigenvalue weighted by Gasteiger charge is -2.16. The fourth-order valence-corrected chi connectivity index (χ4v) is 4.02. The lowest BCUT2D eigenvalue weighted by Crippen LogP contribution is -2.33. The van der Waals surface area contributed by atoms with Gasteiger partial charge in [-0.05, 0) is 58.4 Å². The number of amides is 1. The van der Waals surface area contributed by atoms with Gasteiger partial charge in [-0.15, -0.1) is 0 Å². The second-order valence-electron chi connectivity index (χ2n) is 7.67. The Morgan fingerprint density at radius 3 is 2.93 bits per heavy atom. The molecule has 1 fully saturated rings. The number of hydrogen-bond donors (Lipinski definition) is 2. The summed E-state index contributed by atoms with van der Waals surface area (Å²) in [5.41, 5.74) is 3.06. The van der Waals surface area contributed by atoms with E-state index in [0.29, 0.717) is 24.5 Å². The minimum absolute atomic E-state index is 0.0170. The van der Waals surface area contributed by atoms with Gasteiger partial charge in [0, 0.05) is 37.1 Å². The van der Waals surface area contributed by atoms with Gasteiger partial charge < -0.3 is 15.0 Å². The van der Waals surface area contributed by atoms with E-state index in [2.05, 4.69) is 15.4 Å². The first-order valence-electron chi connectivity index (χ1n) is 9.82. The summed E-state index contributed by atoms with van der Waals surface area (Å²) in [6.07, 6.45) is 5.24. The predicted octanol–water partition coefficient (Wildman–Crippen LogP) is 2.27. The Hall–Kier alpha value is -2.15. The van der Waals surface area contributed by atoms with E-state index < -0.39 is 0 Å². The molecule has 1 aliphatic rings. The monoisotopic (exact) mass is 374 g/mol. The highest BCUT2D eigenvalue weighted by molar-refractivity contribution is 5.83. The molecular formula is C20H30N4O3. The largest absolute Gasteiger partial charge is 0.378 e. The summed E-state index contributed by atoms with van der Waals surface area (Å²) in [7, 11) is 1.82.